The van der Waals surface area contributed by atoms with Gasteiger partial charge in [0.2, 0.25) is 0 Å². The fourth-order valence-electron chi connectivity index (χ4n) is 2.21. The zero-order chi connectivity index (χ0) is 20.7. The highest BCUT2D eigenvalue weighted by atomic mass is 32.1. The third kappa shape index (κ3) is 5.78. The van der Waals surface area contributed by atoms with Gasteiger partial charge < -0.3 is 19.5 Å². The predicted molar refractivity (Wildman–Crippen MR) is 101 cm³/mol. The number of halogens is 1. The van der Waals surface area contributed by atoms with Crippen LogP contribution in [0.25, 0.3) is 0 Å². The maximum Gasteiger partial charge on any atom is 0.344 e. The summed E-state index contributed by atoms with van der Waals surface area (Å²) in [5.41, 5.74) is 1.01. The highest BCUT2D eigenvalue weighted by molar-refractivity contribution is 7.16. The fraction of sp³-hybridized carbons (Fsp3) is 0.316. The highest BCUT2D eigenvalue weighted by Crippen LogP contribution is 2.33. The number of benzene rings is 1. The van der Waals surface area contributed by atoms with E-state index >= 15 is 0 Å². The SMILES string of the molecule is CCOC(=O)c1c(NC(=O)COC(=O)COc2cccc(F)c2)sc(C)c1C. The molecule has 2 rings (SSSR count). The number of hydrogen-bond acceptors (Lipinski definition) is 7. The van der Waals surface area contributed by atoms with Crippen LogP contribution in [0, 0.1) is 19.7 Å². The van der Waals surface area contributed by atoms with Crippen LogP contribution in [0.3, 0.4) is 0 Å². The predicted octanol–water partition coefficient (Wildman–Crippen LogP) is 3.24. The van der Waals surface area contributed by atoms with Crippen LogP contribution in [0.2, 0.25) is 0 Å². The highest BCUT2D eigenvalue weighted by Gasteiger charge is 2.22. The average molecular weight is 409 g/mol. The summed E-state index contributed by atoms with van der Waals surface area (Å²) in [6, 6.07) is 5.30. The normalized spacial score (nSPS) is 10.3. The van der Waals surface area contributed by atoms with Crippen molar-refractivity contribution >= 4 is 34.2 Å². The molecular formula is C19H20FNO6S. The number of carbonyl (C=O) groups excluding carboxylic acids is 3. The average Bonchev–Trinajstić information content (AvgIpc) is 2.92. The van der Waals surface area contributed by atoms with Crippen LogP contribution in [0.15, 0.2) is 24.3 Å². The second kappa shape index (κ2) is 9.84. The number of aryl methyl sites for hydroxylation is 1. The lowest BCUT2D eigenvalue weighted by Crippen LogP contribution is -2.24. The summed E-state index contributed by atoms with van der Waals surface area (Å²) in [4.78, 5) is 36.7. The number of ether oxygens (including phenoxy) is 3. The van der Waals surface area contributed by atoms with Crippen LogP contribution in [0.4, 0.5) is 9.39 Å². The molecular weight excluding hydrogens is 389 g/mol. The lowest BCUT2D eigenvalue weighted by atomic mass is 10.1. The van der Waals surface area contributed by atoms with Crippen molar-refractivity contribution in [3.05, 3.63) is 46.1 Å². The summed E-state index contributed by atoms with van der Waals surface area (Å²) < 4.78 is 28.0. The van der Waals surface area contributed by atoms with Gasteiger partial charge in [-0.1, -0.05) is 6.07 Å². The molecule has 28 heavy (non-hydrogen) atoms. The van der Waals surface area contributed by atoms with E-state index in [-0.39, 0.29) is 12.4 Å². The summed E-state index contributed by atoms with van der Waals surface area (Å²) >= 11 is 1.23. The number of thiophene rings is 1. The van der Waals surface area contributed by atoms with Gasteiger partial charge in [-0.3, -0.25) is 4.79 Å². The number of carbonyl (C=O) groups is 3. The van der Waals surface area contributed by atoms with Gasteiger partial charge in [0.05, 0.1) is 12.2 Å². The topological polar surface area (TPSA) is 90.9 Å². The van der Waals surface area contributed by atoms with Gasteiger partial charge in [0.25, 0.3) is 5.91 Å². The Bertz CT molecular complexity index is 879. The second-order valence-corrected chi connectivity index (χ2v) is 6.89. The van der Waals surface area contributed by atoms with Gasteiger partial charge in [0.1, 0.15) is 16.6 Å². The van der Waals surface area contributed by atoms with Crippen molar-refractivity contribution in [3.63, 3.8) is 0 Å². The minimum Gasteiger partial charge on any atom is -0.482 e. The first kappa shape index (κ1) is 21.4. The molecule has 0 aliphatic heterocycles. The molecule has 0 aliphatic carbocycles. The molecule has 1 amide bonds. The molecule has 0 fully saturated rings. The third-order valence-electron chi connectivity index (χ3n) is 3.63. The Morgan fingerprint density at radius 3 is 2.57 bits per heavy atom. The number of amides is 1. The van der Waals surface area contributed by atoms with Crippen LogP contribution in [0.5, 0.6) is 5.75 Å². The van der Waals surface area contributed by atoms with E-state index in [0.717, 1.165) is 16.5 Å². The number of nitrogens with one attached hydrogen (secondary N) is 1. The van der Waals surface area contributed by atoms with E-state index in [1.54, 1.807) is 13.8 Å². The maximum absolute atomic E-state index is 13.0. The lowest BCUT2D eigenvalue weighted by Gasteiger charge is -2.09. The Balaban J connectivity index is 1.88. The molecule has 0 bridgehead atoms. The van der Waals surface area contributed by atoms with Crippen LogP contribution >= 0.6 is 11.3 Å². The molecule has 1 heterocycles. The van der Waals surface area contributed by atoms with Crippen molar-refractivity contribution in [3.8, 4) is 5.75 Å². The first-order chi connectivity index (χ1) is 13.3. The van der Waals surface area contributed by atoms with Crippen molar-refractivity contribution in [1.29, 1.82) is 0 Å². The van der Waals surface area contributed by atoms with Gasteiger partial charge in [-0.15, -0.1) is 11.3 Å². The van der Waals surface area contributed by atoms with Crippen molar-refractivity contribution in [2.24, 2.45) is 0 Å². The van der Waals surface area contributed by atoms with E-state index in [1.807, 2.05) is 6.92 Å². The first-order valence-electron chi connectivity index (χ1n) is 8.42. The first-order valence-corrected chi connectivity index (χ1v) is 9.24. The van der Waals surface area contributed by atoms with Crippen LogP contribution in [-0.2, 0) is 19.1 Å². The zero-order valence-corrected chi connectivity index (χ0v) is 16.5. The second-order valence-electron chi connectivity index (χ2n) is 5.66. The van der Waals surface area contributed by atoms with Crippen molar-refractivity contribution < 1.29 is 33.0 Å². The molecule has 1 N–H and O–H groups in total. The third-order valence-corrected chi connectivity index (χ3v) is 4.76. The Morgan fingerprint density at radius 1 is 1.14 bits per heavy atom. The van der Waals surface area contributed by atoms with Gasteiger partial charge in [-0.2, -0.15) is 0 Å². The zero-order valence-electron chi connectivity index (χ0n) is 15.7. The quantitative estimate of drug-likeness (QED) is 0.673. The molecule has 0 unspecified atom stereocenters. The molecule has 0 saturated carbocycles. The van der Waals surface area contributed by atoms with Crippen molar-refractivity contribution in [2.75, 3.05) is 25.1 Å². The summed E-state index contributed by atoms with van der Waals surface area (Å²) in [6.07, 6.45) is 0. The maximum atomic E-state index is 13.0. The molecule has 2 aromatic rings. The minimum atomic E-state index is -0.788. The Morgan fingerprint density at radius 2 is 1.89 bits per heavy atom. The smallest absolute Gasteiger partial charge is 0.344 e. The fourth-order valence-corrected chi connectivity index (χ4v) is 3.28. The van der Waals surface area contributed by atoms with Crippen molar-refractivity contribution in [1.82, 2.24) is 0 Å². The molecule has 0 spiro atoms. The summed E-state index contributed by atoms with van der Waals surface area (Å²) in [5, 5.41) is 2.90. The van der Waals surface area contributed by atoms with Crippen LogP contribution < -0.4 is 10.1 Å². The summed E-state index contributed by atoms with van der Waals surface area (Å²) in [7, 11) is 0. The summed E-state index contributed by atoms with van der Waals surface area (Å²) in [5.74, 6) is -2.25. The summed E-state index contributed by atoms with van der Waals surface area (Å²) in [6.45, 7) is 4.46. The van der Waals surface area contributed by atoms with E-state index in [0.29, 0.717) is 10.6 Å². The van der Waals surface area contributed by atoms with Gasteiger partial charge in [0, 0.05) is 10.9 Å². The minimum absolute atomic E-state index is 0.171. The largest absolute Gasteiger partial charge is 0.482 e. The van der Waals surface area contributed by atoms with E-state index < -0.39 is 36.9 Å². The number of hydrogen-bond donors (Lipinski definition) is 1. The monoisotopic (exact) mass is 409 g/mol. The number of esters is 2. The van der Waals surface area contributed by atoms with E-state index in [9.17, 15) is 18.8 Å². The van der Waals surface area contributed by atoms with Crippen LogP contribution in [-0.4, -0.2) is 37.7 Å². The van der Waals surface area contributed by atoms with E-state index in [4.69, 9.17) is 14.2 Å². The number of rotatable bonds is 8. The Kier molecular flexibility index (Phi) is 7.51. The Labute approximate surface area is 165 Å². The van der Waals surface area contributed by atoms with Crippen molar-refractivity contribution in [2.45, 2.75) is 20.8 Å². The van der Waals surface area contributed by atoms with Gasteiger partial charge in [0.15, 0.2) is 13.2 Å². The molecule has 1 aromatic carbocycles. The van der Waals surface area contributed by atoms with Gasteiger partial charge in [-0.05, 0) is 38.5 Å². The Hall–Kier alpha value is -2.94. The van der Waals surface area contributed by atoms with E-state index in [1.165, 1.54) is 29.5 Å². The lowest BCUT2D eigenvalue weighted by molar-refractivity contribution is -0.149. The van der Waals surface area contributed by atoms with E-state index in [2.05, 4.69) is 5.32 Å². The molecule has 0 radical (unpaired) electrons. The molecule has 1 aromatic heterocycles. The molecule has 150 valence electrons. The number of anilines is 1. The van der Waals surface area contributed by atoms with Gasteiger partial charge in [-0.25, -0.2) is 14.0 Å². The van der Waals surface area contributed by atoms with Gasteiger partial charge >= 0.3 is 11.9 Å². The molecule has 0 saturated heterocycles. The molecule has 9 heteroatoms. The molecule has 0 atom stereocenters. The van der Waals surface area contributed by atoms with Crippen LogP contribution in [0.1, 0.15) is 27.7 Å². The standard InChI is InChI=1S/C19H20FNO6S/c1-4-25-19(24)17-11(2)12(3)28-18(17)21-15(22)9-27-16(23)10-26-14-7-5-6-13(20)8-14/h5-8H,4,9-10H2,1-3H3,(H,21,22). The molecule has 7 nitrogen and oxygen atoms in total. The molecule has 0 aliphatic rings.